The summed E-state index contributed by atoms with van der Waals surface area (Å²) in [4.78, 5) is 15.6. The molecule has 0 spiro atoms. The second-order valence-electron chi connectivity index (χ2n) is 3.61. The summed E-state index contributed by atoms with van der Waals surface area (Å²) < 4.78 is 0. The van der Waals surface area contributed by atoms with E-state index in [1.54, 1.807) is 0 Å². The summed E-state index contributed by atoms with van der Waals surface area (Å²) in [5.74, 6) is 0. The molecule has 0 aliphatic carbocycles. The van der Waals surface area contributed by atoms with Crippen molar-refractivity contribution in [3.05, 3.63) is 0 Å². The lowest BCUT2D eigenvalue weighted by Gasteiger charge is -2.37. The van der Waals surface area contributed by atoms with Gasteiger partial charge >= 0.3 is 6.03 Å². The van der Waals surface area contributed by atoms with Crippen LogP contribution in [0.5, 0.6) is 0 Å². The van der Waals surface area contributed by atoms with Crippen LogP contribution in [0.25, 0.3) is 0 Å². The van der Waals surface area contributed by atoms with E-state index in [0.717, 1.165) is 19.6 Å². The van der Waals surface area contributed by atoms with Crippen molar-refractivity contribution in [3.63, 3.8) is 0 Å². The minimum atomic E-state index is 0.0717. The predicted octanol–water partition coefficient (Wildman–Crippen LogP) is 0.352. The van der Waals surface area contributed by atoms with Gasteiger partial charge in [0.25, 0.3) is 0 Å². The smallest absolute Gasteiger partial charge is 0.317 e. The molecule has 1 heterocycles. The van der Waals surface area contributed by atoms with Crippen LogP contribution in [0.15, 0.2) is 0 Å². The molecule has 0 bridgehead atoms. The van der Waals surface area contributed by atoms with E-state index in [9.17, 15) is 4.79 Å². The standard InChI is InChI=1S/C9H19N3O/c1-4-10-9(13)12-6-5-11(3)8(2)7-12/h8H,4-7H2,1-3H3,(H,10,13). The number of hydrogen-bond acceptors (Lipinski definition) is 2. The van der Waals surface area contributed by atoms with Gasteiger partial charge in [-0.25, -0.2) is 4.79 Å². The molecule has 4 nitrogen and oxygen atoms in total. The molecular formula is C9H19N3O. The number of urea groups is 1. The first-order chi connectivity index (χ1) is 6.15. The first-order valence-electron chi connectivity index (χ1n) is 4.88. The molecule has 1 atom stereocenters. The Morgan fingerprint density at radius 3 is 2.77 bits per heavy atom. The first kappa shape index (κ1) is 10.3. The molecule has 0 aromatic carbocycles. The zero-order valence-corrected chi connectivity index (χ0v) is 8.71. The highest BCUT2D eigenvalue weighted by Gasteiger charge is 2.23. The summed E-state index contributed by atoms with van der Waals surface area (Å²) in [6, 6.07) is 0.541. The molecule has 1 N–H and O–H groups in total. The van der Waals surface area contributed by atoms with Gasteiger partial charge in [0.1, 0.15) is 0 Å². The number of carbonyl (C=O) groups excluding carboxylic acids is 1. The van der Waals surface area contributed by atoms with E-state index in [4.69, 9.17) is 0 Å². The molecule has 1 fully saturated rings. The molecule has 1 unspecified atom stereocenters. The normalized spacial score (nSPS) is 24.5. The minimum Gasteiger partial charge on any atom is -0.338 e. The van der Waals surface area contributed by atoms with Gasteiger partial charge in [0, 0.05) is 32.2 Å². The monoisotopic (exact) mass is 185 g/mol. The summed E-state index contributed by atoms with van der Waals surface area (Å²) in [5, 5.41) is 2.82. The van der Waals surface area contributed by atoms with Gasteiger partial charge in [-0.15, -0.1) is 0 Å². The van der Waals surface area contributed by atoms with E-state index in [2.05, 4.69) is 24.2 Å². The van der Waals surface area contributed by atoms with E-state index < -0.39 is 0 Å². The molecule has 1 aliphatic rings. The summed E-state index contributed by atoms with van der Waals surface area (Å²) in [6.45, 7) is 7.44. The second kappa shape index (κ2) is 4.46. The van der Waals surface area contributed by atoms with E-state index in [-0.39, 0.29) is 6.03 Å². The number of carbonyl (C=O) groups is 1. The van der Waals surface area contributed by atoms with Crippen molar-refractivity contribution in [1.29, 1.82) is 0 Å². The summed E-state index contributed by atoms with van der Waals surface area (Å²) in [7, 11) is 2.10. The number of hydrogen-bond donors (Lipinski definition) is 1. The SMILES string of the molecule is CCNC(=O)N1CCN(C)C(C)C1. The van der Waals surface area contributed by atoms with Crippen LogP contribution in [-0.2, 0) is 0 Å². The zero-order chi connectivity index (χ0) is 9.84. The van der Waals surface area contributed by atoms with Gasteiger partial charge in [-0.05, 0) is 20.9 Å². The van der Waals surface area contributed by atoms with Gasteiger partial charge < -0.3 is 15.1 Å². The Bertz CT molecular complexity index is 184. The van der Waals surface area contributed by atoms with Crippen molar-refractivity contribution in [2.45, 2.75) is 19.9 Å². The Kier molecular flexibility index (Phi) is 3.54. The van der Waals surface area contributed by atoms with Gasteiger partial charge in [-0.3, -0.25) is 0 Å². The predicted molar refractivity (Wildman–Crippen MR) is 52.7 cm³/mol. The average Bonchev–Trinajstić information content (AvgIpc) is 2.10. The van der Waals surface area contributed by atoms with Gasteiger partial charge in [0.2, 0.25) is 0 Å². The molecule has 1 rings (SSSR count). The molecule has 0 radical (unpaired) electrons. The van der Waals surface area contributed by atoms with Crippen LogP contribution < -0.4 is 5.32 Å². The largest absolute Gasteiger partial charge is 0.338 e. The van der Waals surface area contributed by atoms with Crippen molar-refractivity contribution >= 4 is 6.03 Å². The Morgan fingerprint density at radius 1 is 1.54 bits per heavy atom. The van der Waals surface area contributed by atoms with Crippen LogP contribution in [-0.4, -0.2) is 55.1 Å². The van der Waals surface area contributed by atoms with Crippen LogP contribution in [0, 0.1) is 0 Å². The highest BCUT2D eigenvalue weighted by molar-refractivity contribution is 5.74. The maximum Gasteiger partial charge on any atom is 0.317 e. The summed E-state index contributed by atoms with van der Waals surface area (Å²) in [6.07, 6.45) is 0. The molecule has 0 aromatic heterocycles. The van der Waals surface area contributed by atoms with Crippen LogP contribution in [0.3, 0.4) is 0 Å². The van der Waals surface area contributed by atoms with Gasteiger partial charge in [0.15, 0.2) is 0 Å². The topological polar surface area (TPSA) is 35.6 Å². The molecule has 0 saturated carbocycles. The molecular weight excluding hydrogens is 166 g/mol. The number of nitrogens with zero attached hydrogens (tertiary/aromatic N) is 2. The number of nitrogens with one attached hydrogen (secondary N) is 1. The fourth-order valence-corrected chi connectivity index (χ4v) is 1.50. The van der Waals surface area contributed by atoms with Crippen LogP contribution in [0.2, 0.25) is 0 Å². The lowest BCUT2D eigenvalue weighted by Crippen LogP contribution is -2.54. The third-order valence-electron chi connectivity index (χ3n) is 2.57. The maximum atomic E-state index is 11.4. The number of amides is 2. The van der Waals surface area contributed by atoms with Gasteiger partial charge in [-0.2, -0.15) is 0 Å². The first-order valence-corrected chi connectivity index (χ1v) is 4.88. The Hall–Kier alpha value is -0.770. The lowest BCUT2D eigenvalue weighted by molar-refractivity contribution is 0.118. The fraction of sp³-hybridized carbons (Fsp3) is 0.889. The van der Waals surface area contributed by atoms with Crippen molar-refractivity contribution in [2.75, 3.05) is 33.2 Å². The average molecular weight is 185 g/mol. The number of likely N-dealkylation sites (N-methyl/N-ethyl adjacent to an activating group) is 1. The van der Waals surface area contributed by atoms with E-state index in [0.29, 0.717) is 12.6 Å². The molecule has 0 aromatic rings. The Balaban J connectivity index is 2.40. The van der Waals surface area contributed by atoms with E-state index >= 15 is 0 Å². The highest BCUT2D eigenvalue weighted by Crippen LogP contribution is 2.06. The molecule has 13 heavy (non-hydrogen) atoms. The van der Waals surface area contributed by atoms with Crippen LogP contribution >= 0.6 is 0 Å². The highest BCUT2D eigenvalue weighted by atomic mass is 16.2. The number of rotatable bonds is 1. The number of piperazine rings is 1. The van der Waals surface area contributed by atoms with Crippen molar-refractivity contribution in [3.8, 4) is 0 Å². The quantitative estimate of drug-likeness (QED) is 0.640. The second-order valence-corrected chi connectivity index (χ2v) is 3.61. The zero-order valence-electron chi connectivity index (χ0n) is 8.71. The Morgan fingerprint density at radius 2 is 2.23 bits per heavy atom. The lowest BCUT2D eigenvalue weighted by atomic mass is 10.2. The third kappa shape index (κ3) is 2.59. The summed E-state index contributed by atoms with van der Waals surface area (Å²) >= 11 is 0. The van der Waals surface area contributed by atoms with Crippen LogP contribution in [0.1, 0.15) is 13.8 Å². The summed E-state index contributed by atoms with van der Waals surface area (Å²) in [5.41, 5.74) is 0. The third-order valence-corrected chi connectivity index (χ3v) is 2.57. The van der Waals surface area contributed by atoms with E-state index in [1.165, 1.54) is 0 Å². The van der Waals surface area contributed by atoms with Crippen molar-refractivity contribution in [1.82, 2.24) is 15.1 Å². The molecule has 4 heteroatoms. The molecule has 2 amide bonds. The molecule has 1 saturated heterocycles. The van der Waals surface area contributed by atoms with Crippen molar-refractivity contribution in [2.24, 2.45) is 0 Å². The minimum absolute atomic E-state index is 0.0717. The van der Waals surface area contributed by atoms with Crippen LogP contribution in [0.4, 0.5) is 4.79 Å². The van der Waals surface area contributed by atoms with Gasteiger partial charge in [0.05, 0.1) is 0 Å². The van der Waals surface area contributed by atoms with Crippen molar-refractivity contribution < 1.29 is 4.79 Å². The maximum absolute atomic E-state index is 11.4. The fourth-order valence-electron chi connectivity index (χ4n) is 1.50. The Labute approximate surface area is 79.9 Å². The van der Waals surface area contributed by atoms with Gasteiger partial charge in [-0.1, -0.05) is 0 Å². The molecule has 76 valence electrons. The molecule has 1 aliphatic heterocycles. The van der Waals surface area contributed by atoms with E-state index in [1.807, 2.05) is 11.8 Å².